The average molecular weight is 292 g/mol. The Labute approximate surface area is 130 Å². The van der Waals surface area contributed by atoms with Gasteiger partial charge >= 0.3 is 0 Å². The maximum absolute atomic E-state index is 4.45. The first-order valence-corrected chi connectivity index (χ1v) is 7.45. The zero-order valence-electron chi connectivity index (χ0n) is 13.0. The summed E-state index contributed by atoms with van der Waals surface area (Å²) in [5.41, 5.74) is 3.94. The van der Waals surface area contributed by atoms with E-state index in [0.717, 1.165) is 40.9 Å². The summed E-state index contributed by atoms with van der Waals surface area (Å²) < 4.78 is 0. The third kappa shape index (κ3) is 3.07. The van der Waals surface area contributed by atoms with Crippen molar-refractivity contribution in [3.8, 4) is 11.3 Å². The summed E-state index contributed by atoms with van der Waals surface area (Å²) in [4.78, 5) is 2.16. The number of likely N-dealkylation sites (N-methyl/N-ethyl adjacent to an activating group) is 1. The van der Waals surface area contributed by atoms with Crippen molar-refractivity contribution in [2.45, 2.75) is 0 Å². The van der Waals surface area contributed by atoms with E-state index in [9.17, 15) is 0 Å². The Hall–Kier alpha value is -2.46. The number of hydrogen-bond acceptors (Lipinski definition) is 4. The molecule has 0 amide bonds. The molecule has 0 spiro atoms. The summed E-state index contributed by atoms with van der Waals surface area (Å²) in [5, 5.41) is 13.5. The monoisotopic (exact) mass is 292 g/mol. The van der Waals surface area contributed by atoms with E-state index in [1.165, 1.54) is 0 Å². The third-order valence-corrected chi connectivity index (χ3v) is 3.58. The van der Waals surface area contributed by atoms with Crippen molar-refractivity contribution < 1.29 is 0 Å². The van der Waals surface area contributed by atoms with Crippen LogP contribution in [0.1, 0.15) is 0 Å². The van der Waals surface area contributed by atoms with E-state index < -0.39 is 0 Å². The molecule has 3 rings (SSSR count). The molecule has 2 aromatic carbocycles. The Bertz CT molecular complexity index is 753. The van der Waals surface area contributed by atoms with Gasteiger partial charge < -0.3 is 10.2 Å². The van der Waals surface area contributed by atoms with Gasteiger partial charge in [-0.3, -0.25) is 0 Å². The second-order valence-corrected chi connectivity index (χ2v) is 5.54. The van der Waals surface area contributed by atoms with Crippen LogP contribution >= 0.6 is 0 Å². The summed E-state index contributed by atoms with van der Waals surface area (Å²) >= 11 is 0. The van der Waals surface area contributed by atoms with Gasteiger partial charge in [0, 0.05) is 24.0 Å². The minimum Gasteiger partial charge on any atom is -0.381 e. The van der Waals surface area contributed by atoms with Crippen molar-refractivity contribution in [2.24, 2.45) is 0 Å². The van der Waals surface area contributed by atoms with Gasteiger partial charge in [0.25, 0.3) is 0 Å². The lowest BCUT2D eigenvalue weighted by Gasteiger charge is -2.15. The van der Waals surface area contributed by atoms with Crippen LogP contribution in [0.15, 0.2) is 54.6 Å². The molecule has 22 heavy (non-hydrogen) atoms. The lowest BCUT2D eigenvalue weighted by molar-refractivity contribution is 0.425. The van der Waals surface area contributed by atoms with Crippen LogP contribution in [0.3, 0.4) is 0 Å². The molecule has 1 N–H and O–H groups in total. The van der Waals surface area contributed by atoms with Crippen molar-refractivity contribution in [3.63, 3.8) is 0 Å². The van der Waals surface area contributed by atoms with Gasteiger partial charge in [0.15, 0.2) is 0 Å². The summed E-state index contributed by atoms with van der Waals surface area (Å²) in [5.74, 6) is 0. The molecule has 4 heteroatoms. The predicted molar refractivity (Wildman–Crippen MR) is 92.0 cm³/mol. The second kappa shape index (κ2) is 6.54. The van der Waals surface area contributed by atoms with Crippen molar-refractivity contribution in [1.29, 1.82) is 0 Å². The lowest BCUT2D eigenvalue weighted by atomic mass is 10.1. The molecular weight excluding hydrogens is 272 g/mol. The van der Waals surface area contributed by atoms with E-state index in [1.807, 2.05) is 36.4 Å². The largest absolute Gasteiger partial charge is 0.381 e. The van der Waals surface area contributed by atoms with Crippen LogP contribution in [0.4, 0.5) is 5.69 Å². The molecule has 0 bridgehead atoms. The van der Waals surface area contributed by atoms with Gasteiger partial charge in [-0.25, -0.2) is 0 Å². The van der Waals surface area contributed by atoms with Gasteiger partial charge in [0.2, 0.25) is 0 Å². The highest BCUT2D eigenvalue weighted by Gasteiger charge is 2.11. The van der Waals surface area contributed by atoms with E-state index in [-0.39, 0.29) is 0 Å². The fraction of sp³-hybridized carbons (Fsp3) is 0.222. The Morgan fingerprint density at radius 3 is 2.41 bits per heavy atom. The van der Waals surface area contributed by atoms with Crippen LogP contribution in [0, 0.1) is 0 Å². The van der Waals surface area contributed by atoms with Crippen molar-refractivity contribution in [2.75, 3.05) is 32.5 Å². The number of nitrogens with zero attached hydrogens (tertiary/aromatic N) is 3. The van der Waals surface area contributed by atoms with Gasteiger partial charge in [0.1, 0.15) is 5.69 Å². The summed E-state index contributed by atoms with van der Waals surface area (Å²) in [6.45, 7) is 1.83. The fourth-order valence-corrected chi connectivity index (χ4v) is 2.44. The molecule has 112 valence electrons. The molecule has 0 saturated heterocycles. The zero-order valence-corrected chi connectivity index (χ0v) is 13.0. The Balaban J connectivity index is 2.07. The highest BCUT2D eigenvalue weighted by atomic mass is 15.1. The normalized spacial score (nSPS) is 11.0. The first kappa shape index (κ1) is 14.5. The topological polar surface area (TPSA) is 41.0 Å². The molecule has 3 aromatic rings. The number of rotatable bonds is 5. The number of nitrogens with one attached hydrogen (secondary N) is 1. The molecule has 0 fully saturated rings. The standard InChI is InChI=1S/C18H20N4/c1-22(2)13-12-19-18-15-10-6-7-11-16(15)20-21-17(18)14-8-4-3-5-9-14/h3-11H,12-13H2,1-2H3,(H,19,20). The number of anilines is 1. The van der Waals surface area contributed by atoms with Crippen molar-refractivity contribution >= 4 is 16.6 Å². The van der Waals surface area contributed by atoms with E-state index in [0.29, 0.717) is 0 Å². The first-order chi connectivity index (χ1) is 10.8. The number of aromatic nitrogens is 2. The van der Waals surface area contributed by atoms with E-state index >= 15 is 0 Å². The summed E-state index contributed by atoms with van der Waals surface area (Å²) in [6, 6.07) is 18.3. The summed E-state index contributed by atoms with van der Waals surface area (Å²) in [6.07, 6.45) is 0. The SMILES string of the molecule is CN(C)CCNc1c(-c2ccccc2)nnc2ccccc12. The number of fused-ring (bicyclic) bond motifs is 1. The molecule has 4 nitrogen and oxygen atoms in total. The molecule has 0 saturated carbocycles. The molecule has 0 aliphatic heterocycles. The van der Waals surface area contributed by atoms with Gasteiger partial charge in [-0.2, -0.15) is 0 Å². The van der Waals surface area contributed by atoms with E-state index in [1.54, 1.807) is 0 Å². The third-order valence-electron chi connectivity index (χ3n) is 3.58. The van der Waals surface area contributed by atoms with Crippen LogP contribution < -0.4 is 5.32 Å². The van der Waals surface area contributed by atoms with Gasteiger partial charge in [-0.05, 0) is 20.2 Å². The van der Waals surface area contributed by atoms with Crippen LogP contribution in [-0.2, 0) is 0 Å². The predicted octanol–water partition coefficient (Wildman–Crippen LogP) is 3.27. The van der Waals surface area contributed by atoms with Crippen molar-refractivity contribution in [3.05, 3.63) is 54.6 Å². The minimum absolute atomic E-state index is 0.864. The first-order valence-electron chi connectivity index (χ1n) is 7.45. The fourth-order valence-electron chi connectivity index (χ4n) is 2.44. The maximum Gasteiger partial charge on any atom is 0.117 e. The Kier molecular flexibility index (Phi) is 4.30. The zero-order chi connectivity index (χ0) is 15.4. The molecule has 0 unspecified atom stereocenters. The highest BCUT2D eigenvalue weighted by Crippen LogP contribution is 2.31. The molecule has 0 radical (unpaired) electrons. The number of hydrogen-bond donors (Lipinski definition) is 1. The smallest absolute Gasteiger partial charge is 0.117 e. The van der Waals surface area contributed by atoms with Crippen LogP contribution in [0.5, 0.6) is 0 Å². The lowest BCUT2D eigenvalue weighted by Crippen LogP contribution is -2.21. The minimum atomic E-state index is 0.864. The highest BCUT2D eigenvalue weighted by molar-refractivity contribution is 5.97. The Morgan fingerprint density at radius 2 is 1.64 bits per heavy atom. The molecule has 0 aliphatic rings. The van der Waals surface area contributed by atoms with Gasteiger partial charge in [-0.1, -0.05) is 48.5 Å². The van der Waals surface area contributed by atoms with Crippen molar-refractivity contribution in [1.82, 2.24) is 15.1 Å². The van der Waals surface area contributed by atoms with E-state index in [4.69, 9.17) is 0 Å². The average Bonchev–Trinajstić information content (AvgIpc) is 2.55. The molecular formula is C18H20N4. The summed E-state index contributed by atoms with van der Waals surface area (Å²) in [7, 11) is 4.14. The van der Waals surface area contributed by atoms with Crippen LogP contribution in [0.2, 0.25) is 0 Å². The van der Waals surface area contributed by atoms with Gasteiger partial charge in [-0.15, -0.1) is 10.2 Å². The molecule has 1 heterocycles. The van der Waals surface area contributed by atoms with Gasteiger partial charge in [0.05, 0.1) is 11.2 Å². The maximum atomic E-state index is 4.45. The van der Waals surface area contributed by atoms with E-state index in [2.05, 4.69) is 52.7 Å². The molecule has 0 atom stereocenters. The second-order valence-electron chi connectivity index (χ2n) is 5.54. The quantitative estimate of drug-likeness (QED) is 0.783. The molecule has 1 aromatic heterocycles. The number of benzene rings is 2. The Morgan fingerprint density at radius 1 is 0.909 bits per heavy atom. The molecule has 0 aliphatic carbocycles. The van der Waals surface area contributed by atoms with Crippen LogP contribution in [-0.4, -0.2) is 42.3 Å². The van der Waals surface area contributed by atoms with Crippen LogP contribution in [0.25, 0.3) is 22.2 Å².